The molecule has 4 atom stereocenters. The number of aromatic hydroxyl groups is 1. The second-order valence-electron chi connectivity index (χ2n) is 28.7. The third-order valence-electron chi connectivity index (χ3n) is 18.7. The molecule has 3 radical (unpaired) electrons. The zero-order valence-corrected chi connectivity index (χ0v) is 75.4. The fourth-order valence-corrected chi connectivity index (χ4v) is 12.4. The molecule has 1 aliphatic rings. The first-order valence-electron chi connectivity index (χ1n) is 41.0. The summed E-state index contributed by atoms with van der Waals surface area (Å²) in [6.45, 7) is 1.97. The number of likely N-dealkylation sites (N-methyl/N-ethyl adjacent to an activating group) is 2. The number of ether oxygens (including phenoxy) is 11. The van der Waals surface area contributed by atoms with Crippen LogP contribution >= 0.6 is 58.0 Å². The topological polar surface area (TPSA) is 310 Å². The van der Waals surface area contributed by atoms with E-state index < -0.39 is 24.0 Å². The van der Waals surface area contributed by atoms with Crippen LogP contribution in [0.5, 0.6) is 109 Å². The SMILES string of the molecule is C.C1CCOC1.CN[C@@H](Cc1ccc(Oc2ccc(Oc3ccc(Cl)cc3)cc2)cc1)C(=O)O.CN[C@@H](Cc1ccc(Oc2ccc(Oc3ccc(Cl)cc3)cc2)cc1)C(=O)OC.N[C@@H](Cc1ccc(Oc2ccc(Oc3ccc(Cl)cc3)cc2)cc1)C(=O)O.N[C@H](CO)Cc1ccc(Oc2ccc(Oc3ccc(Cl)cc3)cc2)cc1.Oc1ccc(Oc2ccc(Cl)cc2)cc1.[B]. The van der Waals surface area contributed by atoms with Crippen LogP contribution < -0.4 is 64.7 Å². The molecular formula is C104H101BCl5N4O18. The van der Waals surface area contributed by atoms with Gasteiger partial charge in [-0.1, -0.05) is 114 Å². The molecule has 14 aromatic carbocycles. The smallest absolute Gasteiger partial charge is 0.323 e. The molecule has 28 heteroatoms. The summed E-state index contributed by atoms with van der Waals surface area (Å²) in [6.07, 6.45) is 4.41. The summed E-state index contributed by atoms with van der Waals surface area (Å²) in [6, 6.07) is 99.2. The van der Waals surface area contributed by atoms with Gasteiger partial charge >= 0.3 is 17.9 Å². The number of methoxy groups -OCH3 is 1. The molecule has 14 aromatic rings. The van der Waals surface area contributed by atoms with Crippen molar-refractivity contribution in [3.63, 3.8) is 0 Å². The lowest BCUT2D eigenvalue weighted by Crippen LogP contribution is -2.36. The number of phenolic OH excluding ortho intramolecular Hbond substituents is 1. The Kier molecular flexibility index (Phi) is 44.0. The first-order chi connectivity index (χ1) is 62.9. The molecule has 0 spiro atoms. The van der Waals surface area contributed by atoms with Crippen molar-refractivity contribution in [3.05, 3.63) is 387 Å². The van der Waals surface area contributed by atoms with E-state index in [4.69, 9.17) is 142 Å². The summed E-state index contributed by atoms with van der Waals surface area (Å²) < 4.78 is 61.6. The van der Waals surface area contributed by atoms with Crippen molar-refractivity contribution in [3.8, 4) is 109 Å². The number of carbonyl (C=O) groups excluding carboxylic acids is 1. The van der Waals surface area contributed by atoms with Gasteiger partial charge in [-0.05, 0) is 366 Å². The van der Waals surface area contributed by atoms with E-state index >= 15 is 0 Å². The number of aliphatic carboxylic acids is 2. The Morgan fingerprint density at radius 3 is 0.689 bits per heavy atom. The minimum atomic E-state index is -1.02. The standard InChI is InChI=1S/C23H22ClNO4.C22H20ClNO4.C21H18ClNO4.C21H20ClNO3.C12H9ClO2.C4H8O.CH4.B/c1-25-22(23(26)27-2)15-16-3-7-18(8-4-16)28-20-11-13-21(14-12-20)29-19-9-5-17(24)6-10-19;1-24-21(22(25)26)14-15-2-6-17(7-3-15)27-19-10-12-20(13-11-19)28-18-8-4-16(23)5-9-18;22-15-3-7-17(8-4-15)27-19-11-9-18(10-12-19)26-16-5-1-14(2-6-16)13-20(23)21(24)25;22-16-3-7-19(8-4-16)26-21-11-9-20(10-12-21)25-18-5-1-15(2-6-18)13-17(23)14-24;13-9-1-5-11(6-2-9)15-12-7-3-10(14)4-8-12;1-2-4-5-3-1;;/h3-14,22,25H,15H2,1-2H3;2-13,21,24H,14H2,1H3,(H,25,26);1-12,20H,13,23H2,(H,24,25);1-12,17,24H,13-14,23H2;1-8,14H;1-4H2;1H4;/t22-;21-;20-;17-;;;;/m0000..../s1. The van der Waals surface area contributed by atoms with Crippen molar-refractivity contribution in [2.24, 2.45) is 11.5 Å². The molecule has 22 nitrogen and oxygen atoms in total. The third kappa shape index (κ3) is 37.7. The molecule has 1 heterocycles. The van der Waals surface area contributed by atoms with Crippen molar-refractivity contribution >= 4 is 84.3 Å². The van der Waals surface area contributed by atoms with E-state index in [1.807, 2.05) is 182 Å². The van der Waals surface area contributed by atoms with Crippen LogP contribution in [0.3, 0.4) is 0 Å². The Balaban J connectivity index is 0.000000202. The van der Waals surface area contributed by atoms with Crippen LogP contribution in [0.2, 0.25) is 25.1 Å². The van der Waals surface area contributed by atoms with E-state index in [9.17, 15) is 14.4 Å². The summed E-state index contributed by atoms with van der Waals surface area (Å²) in [4.78, 5) is 33.6. The zero-order chi connectivity index (χ0) is 92.4. The van der Waals surface area contributed by atoms with Gasteiger partial charge in [-0.2, -0.15) is 0 Å². The van der Waals surface area contributed by atoms with Gasteiger partial charge in [0.1, 0.15) is 127 Å². The second kappa shape index (κ2) is 55.7. The van der Waals surface area contributed by atoms with Crippen LogP contribution in [0.15, 0.2) is 340 Å². The zero-order valence-electron chi connectivity index (χ0n) is 71.6. The van der Waals surface area contributed by atoms with Gasteiger partial charge in [-0.15, -0.1) is 0 Å². The number of aliphatic hydroxyl groups excluding tert-OH is 1. The van der Waals surface area contributed by atoms with Crippen LogP contribution in [-0.2, 0) is 49.5 Å². The molecule has 1 saturated heterocycles. The van der Waals surface area contributed by atoms with Crippen molar-refractivity contribution < 1.29 is 86.9 Å². The van der Waals surface area contributed by atoms with Crippen molar-refractivity contribution in [1.29, 1.82) is 0 Å². The number of benzene rings is 14. The van der Waals surface area contributed by atoms with E-state index in [2.05, 4.69) is 10.6 Å². The fourth-order valence-electron chi connectivity index (χ4n) is 11.8. The number of carboxylic acid groups (broad SMARTS) is 2. The predicted molar refractivity (Wildman–Crippen MR) is 521 cm³/mol. The van der Waals surface area contributed by atoms with Crippen molar-refractivity contribution in [2.45, 2.75) is 70.1 Å². The summed E-state index contributed by atoms with van der Waals surface area (Å²) in [5, 5.41) is 45.1. The maximum absolute atomic E-state index is 11.7. The van der Waals surface area contributed by atoms with Crippen molar-refractivity contribution in [2.75, 3.05) is 41.0 Å². The molecule has 0 unspecified atom stereocenters. The summed E-state index contributed by atoms with van der Waals surface area (Å²) in [7, 11) is 4.76. The summed E-state index contributed by atoms with van der Waals surface area (Å²) in [5.41, 5.74) is 15.1. The number of carbonyl (C=O) groups is 3. The number of halogens is 5. The van der Waals surface area contributed by atoms with Gasteiger partial charge in [0.2, 0.25) is 0 Å². The molecule has 0 aromatic heterocycles. The van der Waals surface area contributed by atoms with Gasteiger partial charge in [0, 0.05) is 52.8 Å². The quantitative estimate of drug-likeness (QED) is 0.0143. The van der Waals surface area contributed by atoms with Crippen LogP contribution in [0.25, 0.3) is 0 Å². The molecule has 0 aliphatic carbocycles. The second-order valence-corrected chi connectivity index (χ2v) is 30.9. The van der Waals surface area contributed by atoms with E-state index in [1.165, 1.54) is 20.0 Å². The molecule has 0 saturated carbocycles. The highest BCUT2D eigenvalue weighted by Gasteiger charge is 2.19. The molecule has 683 valence electrons. The molecule has 0 amide bonds. The summed E-state index contributed by atoms with van der Waals surface area (Å²) in [5.74, 6) is 10.6. The number of phenols is 1. The highest BCUT2D eigenvalue weighted by molar-refractivity contribution is 6.31. The van der Waals surface area contributed by atoms with Crippen molar-refractivity contribution in [1.82, 2.24) is 10.6 Å². The number of esters is 1. The molecule has 1 aliphatic heterocycles. The molecule has 1 fully saturated rings. The third-order valence-corrected chi connectivity index (χ3v) is 20.0. The number of carboxylic acids is 2. The Labute approximate surface area is 795 Å². The molecule has 0 bridgehead atoms. The van der Waals surface area contributed by atoms with Crippen LogP contribution in [0.4, 0.5) is 0 Å². The Morgan fingerprint density at radius 1 is 0.318 bits per heavy atom. The number of nitrogens with two attached hydrogens (primary N) is 2. The number of hydrogen-bond acceptors (Lipinski definition) is 20. The minimum absolute atomic E-state index is 0. The van der Waals surface area contributed by atoms with Gasteiger partial charge in [0.25, 0.3) is 0 Å². The lowest BCUT2D eigenvalue weighted by molar-refractivity contribution is -0.143. The molecular weight excluding hydrogens is 1780 g/mol. The highest BCUT2D eigenvalue weighted by atomic mass is 35.5. The van der Waals surface area contributed by atoms with E-state index in [-0.39, 0.29) is 52.7 Å². The van der Waals surface area contributed by atoms with Gasteiger partial charge in [0.15, 0.2) is 0 Å². The van der Waals surface area contributed by atoms with Crippen LogP contribution in [-0.4, -0.2) is 112 Å². The lowest BCUT2D eigenvalue weighted by Gasteiger charge is -2.14. The largest absolute Gasteiger partial charge is 0.508 e. The normalized spacial score (nSPS) is 11.8. The number of nitrogens with one attached hydrogen (secondary N) is 2. The lowest BCUT2D eigenvalue weighted by atomic mass is 10.1. The van der Waals surface area contributed by atoms with E-state index in [0.717, 1.165) is 47.0 Å². The fraction of sp³-hybridized carbons (Fsp3) is 0.163. The predicted octanol–water partition coefficient (Wildman–Crippen LogP) is 24.9. The molecule has 132 heavy (non-hydrogen) atoms. The Hall–Kier alpha value is -13.2. The van der Waals surface area contributed by atoms with E-state index in [0.29, 0.717) is 136 Å². The maximum Gasteiger partial charge on any atom is 0.323 e. The highest BCUT2D eigenvalue weighted by Crippen LogP contribution is 2.35. The van der Waals surface area contributed by atoms with Gasteiger partial charge < -0.3 is 94.6 Å². The first kappa shape index (κ1) is 104. The van der Waals surface area contributed by atoms with Gasteiger partial charge in [-0.3, -0.25) is 14.4 Å². The van der Waals surface area contributed by atoms with Gasteiger partial charge in [-0.25, -0.2) is 0 Å². The summed E-state index contributed by atoms with van der Waals surface area (Å²) >= 11 is 29.2. The number of rotatable bonds is 32. The average Bonchev–Trinajstić information content (AvgIpc) is 0.954. The number of aliphatic hydroxyl groups is 1. The maximum atomic E-state index is 11.7. The molecule has 10 N–H and O–H groups in total. The van der Waals surface area contributed by atoms with Crippen LogP contribution in [0, 0.1) is 0 Å². The Bertz CT molecular complexity index is 5650. The Morgan fingerprint density at radius 2 is 0.508 bits per heavy atom. The monoisotopic (exact) mass is 1880 g/mol. The minimum Gasteiger partial charge on any atom is -0.508 e. The van der Waals surface area contributed by atoms with Crippen LogP contribution in [0.1, 0.15) is 42.5 Å². The first-order valence-corrected chi connectivity index (χ1v) is 42.9. The molecule has 15 rings (SSSR count). The van der Waals surface area contributed by atoms with Gasteiger partial charge in [0.05, 0.1) is 13.7 Å². The number of hydrogen-bond donors (Lipinski definition) is 8. The van der Waals surface area contributed by atoms with E-state index in [1.54, 1.807) is 172 Å². The average molecular weight is 1880 g/mol.